The van der Waals surface area contributed by atoms with Crippen LogP contribution in [0.1, 0.15) is 48.2 Å². The SMILES string of the molecule is Cc1[nH]c(=O)nc(SC2CCOC3(CCC3)C2)c1C(=O)O. The second-order valence-electron chi connectivity index (χ2n) is 5.77. The van der Waals surface area contributed by atoms with Gasteiger partial charge in [-0.05, 0) is 39.0 Å². The highest BCUT2D eigenvalue weighted by Crippen LogP contribution is 2.46. The lowest BCUT2D eigenvalue weighted by Gasteiger charge is -2.47. The lowest BCUT2D eigenvalue weighted by atomic mass is 9.75. The van der Waals surface area contributed by atoms with Crippen LogP contribution in [-0.2, 0) is 4.74 Å². The maximum Gasteiger partial charge on any atom is 0.346 e. The van der Waals surface area contributed by atoms with Crippen LogP contribution in [0.4, 0.5) is 0 Å². The zero-order valence-corrected chi connectivity index (χ0v) is 12.7. The third kappa shape index (κ3) is 2.85. The minimum atomic E-state index is -1.05. The number of ether oxygens (including phenoxy) is 1. The molecule has 114 valence electrons. The minimum absolute atomic E-state index is 0.00442. The van der Waals surface area contributed by atoms with Crippen LogP contribution in [0.3, 0.4) is 0 Å². The number of hydrogen-bond acceptors (Lipinski definition) is 5. The number of nitrogens with zero attached hydrogens (tertiary/aromatic N) is 1. The molecule has 6 nitrogen and oxygen atoms in total. The molecule has 7 heteroatoms. The molecule has 1 aromatic heterocycles. The third-order valence-corrected chi connectivity index (χ3v) is 5.55. The van der Waals surface area contributed by atoms with E-state index in [4.69, 9.17) is 4.74 Å². The molecule has 0 amide bonds. The zero-order valence-electron chi connectivity index (χ0n) is 11.8. The Balaban J connectivity index is 1.84. The molecule has 0 aromatic carbocycles. The monoisotopic (exact) mass is 310 g/mol. The number of carboxylic acid groups (broad SMARTS) is 1. The molecule has 1 unspecified atom stereocenters. The number of aromatic nitrogens is 2. The molecule has 2 aliphatic rings. The number of aromatic carboxylic acids is 1. The second-order valence-corrected chi connectivity index (χ2v) is 7.06. The molecule has 2 fully saturated rings. The topological polar surface area (TPSA) is 92.3 Å². The van der Waals surface area contributed by atoms with E-state index in [1.165, 1.54) is 18.2 Å². The van der Waals surface area contributed by atoms with Crippen LogP contribution in [0.2, 0.25) is 0 Å². The summed E-state index contributed by atoms with van der Waals surface area (Å²) < 4.78 is 5.88. The summed E-state index contributed by atoms with van der Waals surface area (Å²) in [6.45, 7) is 2.29. The van der Waals surface area contributed by atoms with Crippen molar-refractivity contribution in [2.75, 3.05) is 6.61 Å². The maximum atomic E-state index is 11.5. The molecule has 0 radical (unpaired) electrons. The van der Waals surface area contributed by atoms with Crippen molar-refractivity contribution in [3.05, 3.63) is 21.7 Å². The molecule has 3 rings (SSSR count). The van der Waals surface area contributed by atoms with Crippen molar-refractivity contribution in [1.29, 1.82) is 0 Å². The Labute approximate surface area is 126 Å². The number of H-pyrrole nitrogens is 1. The van der Waals surface area contributed by atoms with Gasteiger partial charge in [-0.3, -0.25) is 0 Å². The Morgan fingerprint density at radius 2 is 2.29 bits per heavy atom. The standard InChI is InChI=1S/C14H18N2O4S/c1-8-10(12(17)18)11(16-13(19)15-8)21-9-3-6-20-14(7-9)4-2-5-14/h9H,2-7H2,1H3,(H,17,18)(H,15,16,19). The molecule has 2 heterocycles. The fraction of sp³-hybridized carbons (Fsp3) is 0.643. The predicted molar refractivity (Wildman–Crippen MR) is 78.0 cm³/mol. The Bertz CT molecular complexity index is 624. The average Bonchev–Trinajstić information content (AvgIpc) is 2.35. The van der Waals surface area contributed by atoms with E-state index in [1.807, 2.05) is 0 Å². The lowest BCUT2D eigenvalue weighted by Crippen LogP contribution is -2.46. The van der Waals surface area contributed by atoms with Crippen molar-refractivity contribution in [2.24, 2.45) is 0 Å². The van der Waals surface area contributed by atoms with E-state index in [1.54, 1.807) is 6.92 Å². The molecule has 0 bridgehead atoms. The molecule has 1 aliphatic carbocycles. The fourth-order valence-corrected chi connectivity index (χ4v) is 4.47. The largest absolute Gasteiger partial charge is 0.478 e. The number of carbonyl (C=O) groups is 1. The van der Waals surface area contributed by atoms with Gasteiger partial charge in [0.1, 0.15) is 10.6 Å². The average molecular weight is 310 g/mol. The van der Waals surface area contributed by atoms with Gasteiger partial charge in [-0.2, -0.15) is 4.98 Å². The van der Waals surface area contributed by atoms with Crippen LogP contribution in [0.25, 0.3) is 0 Å². The number of rotatable bonds is 3. The highest BCUT2D eigenvalue weighted by atomic mass is 32.2. The number of carboxylic acids is 1. The van der Waals surface area contributed by atoms with E-state index >= 15 is 0 Å². The lowest BCUT2D eigenvalue weighted by molar-refractivity contribution is -0.125. The van der Waals surface area contributed by atoms with Crippen LogP contribution in [-0.4, -0.2) is 38.5 Å². The molecule has 1 saturated heterocycles. The first-order valence-electron chi connectivity index (χ1n) is 7.14. The van der Waals surface area contributed by atoms with Crippen molar-refractivity contribution < 1.29 is 14.6 Å². The van der Waals surface area contributed by atoms with Gasteiger partial charge in [-0.25, -0.2) is 9.59 Å². The third-order valence-electron chi connectivity index (χ3n) is 4.29. The summed E-state index contributed by atoms with van der Waals surface area (Å²) in [7, 11) is 0. The zero-order chi connectivity index (χ0) is 15.0. The van der Waals surface area contributed by atoms with Crippen LogP contribution in [0.5, 0.6) is 0 Å². The molecule has 1 spiro atoms. The van der Waals surface area contributed by atoms with Gasteiger partial charge in [0.15, 0.2) is 0 Å². The molecular formula is C14H18N2O4S. The summed E-state index contributed by atoms with van der Waals surface area (Å²) in [5.41, 5.74) is -0.0372. The Hall–Kier alpha value is -1.34. The van der Waals surface area contributed by atoms with E-state index in [0.717, 1.165) is 25.7 Å². The van der Waals surface area contributed by atoms with Gasteiger partial charge in [0.25, 0.3) is 0 Å². The summed E-state index contributed by atoms with van der Waals surface area (Å²) in [6.07, 6.45) is 5.12. The number of thioether (sulfide) groups is 1. The van der Waals surface area contributed by atoms with Crippen molar-refractivity contribution in [2.45, 2.75) is 54.9 Å². The van der Waals surface area contributed by atoms with Gasteiger partial charge >= 0.3 is 11.7 Å². The molecule has 1 aliphatic heterocycles. The number of nitrogens with one attached hydrogen (secondary N) is 1. The summed E-state index contributed by atoms with van der Waals surface area (Å²) >= 11 is 1.41. The summed E-state index contributed by atoms with van der Waals surface area (Å²) in [5, 5.41) is 9.91. The van der Waals surface area contributed by atoms with Crippen LogP contribution in [0.15, 0.2) is 9.82 Å². The Morgan fingerprint density at radius 1 is 1.52 bits per heavy atom. The minimum Gasteiger partial charge on any atom is -0.478 e. The quantitative estimate of drug-likeness (QED) is 0.829. The van der Waals surface area contributed by atoms with Gasteiger partial charge in [0.2, 0.25) is 0 Å². The van der Waals surface area contributed by atoms with E-state index in [-0.39, 0.29) is 16.4 Å². The first-order chi connectivity index (χ1) is 9.99. The van der Waals surface area contributed by atoms with E-state index in [0.29, 0.717) is 17.3 Å². The highest BCUT2D eigenvalue weighted by molar-refractivity contribution is 7.99. The van der Waals surface area contributed by atoms with Gasteiger partial charge in [0.05, 0.1) is 5.60 Å². The number of hydrogen-bond donors (Lipinski definition) is 2. The van der Waals surface area contributed by atoms with Crippen molar-refractivity contribution in [1.82, 2.24) is 9.97 Å². The highest BCUT2D eigenvalue weighted by Gasteiger charge is 2.43. The first-order valence-corrected chi connectivity index (χ1v) is 8.02. The number of aromatic amines is 1. The van der Waals surface area contributed by atoms with Crippen molar-refractivity contribution in [3.63, 3.8) is 0 Å². The molecule has 1 atom stereocenters. The molecule has 21 heavy (non-hydrogen) atoms. The fourth-order valence-electron chi connectivity index (χ4n) is 3.06. The molecule has 1 saturated carbocycles. The summed E-state index contributed by atoms with van der Waals surface area (Å²) in [5.74, 6) is -1.05. The maximum absolute atomic E-state index is 11.5. The van der Waals surface area contributed by atoms with Crippen molar-refractivity contribution in [3.8, 4) is 0 Å². The van der Waals surface area contributed by atoms with Crippen LogP contribution >= 0.6 is 11.8 Å². The Morgan fingerprint density at radius 3 is 2.90 bits per heavy atom. The molecular weight excluding hydrogens is 292 g/mol. The van der Waals surface area contributed by atoms with Crippen molar-refractivity contribution >= 4 is 17.7 Å². The molecule has 2 N–H and O–H groups in total. The first kappa shape index (κ1) is 14.6. The Kier molecular flexibility index (Phi) is 3.79. The van der Waals surface area contributed by atoms with E-state index in [2.05, 4.69) is 9.97 Å². The summed E-state index contributed by atoms with van der Waals surface area (Å²) in [6, 6.07) is 0. The normalized spacial score (nSPS) is 23.8. The van der Waals surface area contributed by atoms with Gasteiger partial charge in [0, 0.05) is 17.6 Å². The molecule has 1 aromatic rings. The van der Waals surface area contributed by atoms with Gasteiger partial charge < -0.3 is 14.8 Å². The van der Waals surface area contributed by atoms with Crippen LogP contribution < -0.4 is 5.69 Å². The van der Waals surface area contributed by atoms with Gasteiger partial charge in [-0.1, -0.05) is 0 Å². The predicted octanol–water partition coefficient (Wildman–Crippen LogP) is 1.97. The van der Waals surface area contributed by atoms with Crippen LogP contribution in [0, 0.1) is 6.92 Å². The smallest absolute Gasteiger partial charge is 0.346 e. The van der Waals surface area contributed by atoms with E-state index in [9.17, 15) is 14.7 Å². The van der Waals surface area contributed by atoms with E-state index < -0.39 is 11.7 Å². The summed E-state index contributed by atoms with van der Waals surface area (Å²) in [4.78, 5) is 29.2. The number of aryl methyl sites for hydroxylation is 1. The van der Waals surface area contributed by atoms with Gasteiger partial charge in [-0.15, -0.1) is 11.8 Å². The second kappa shape index (κ2) is 5.46.